The average Bonchev–Trinajstić information content (AvgIpc) is 2.56. The first-order valence-electron chi connectivity index (χ1n) is 7.64. The largest absolute Gasteiger partial charge is 1.00 e. The van der Waals surface area contributed by atoms with Gasteiger partial charge in [0.25, 0.3) is 17.9 Å². The number of nitrogens with zero attached hydrogens (tertiary/aromatic N) is 2. The van der Waals surface area contributed by atoms with Crippen molar-refractivity contribution in [3.63, 3.8) is 0 Å². The van der Waals surface area contributed by atoms with Crippen LogP contribution in [-0.4, -0.2) is 63.4 Å². The predicted octanol–water partition coefficient (Wildman–Crippen LogP) is -4.99. The molecule has 2 unspecified atom stereocenters. The predicted molar refractivity (Wildman–Crippen MR) is 84.8 cm³/mol. The van der Waals surface area contributed by atoms with Crippen molar-refractivity contribution in [2.45, 2.75) is 37.7 Å². The molecule has 3 atom stereocenters. The van der Waals surface area contributed by atoms with Gasteiger partial charge in [0.05, 0.1) is 11.7 Å². The number of hydrogen-bond acceptors (Lipinski definition) is 9. The zero-order chi connectivity index (χ0) is 19.6. The number of carboxylic acids is 1. The Labute approximate surface area is 180 Å². The SMILES string of the molecule is CCC(C(=O)NC1C(=O)N2C(C(=O)[O-])=C(COC(C)=O)CS[C@@H]12)[N+](=O)[O-].[Na+]. The molecule has 0 spiro atoms. The number of esters is 1. The number of rotatable bonds is 7. The second kappa shape index (κ2) is 9.53. The fourth-order valence-electron chi connectivity index (χ4n) is 2.65. The molecule has 27 heavy (non-hydrogen) atoms. The molecule has 142 valence electrons. The van der Waals surface area contributed by atoms with Crippen LogP contribution >= 0.6 is 11.8 Å². The van der Waals surface area contributed by atoms with Crippen LogP contribution in [0.5, 0.6) is 0 Å². The number of carbonyl (C=O) groups is 4. The Morgan fingerprint density at radius 2 is 2.07 bits per heavy atom. The normalized spacial score (nSPS) is 22.0. The monoisotopic (exact) mass is 409 g/mol. The molecule has 2 aliphatic rings. The fraction of sp³-hybridized carbons (Fsp3) is 0.571. The summed E-state index contributed by atoms with van der Waals surface area (Å²) in [6, 6.07) is -2.55. The van der Waals surface area contributed by atoms with E-state index in [1.165, 1.54) is 6.92 Å². The van der Waals surface area contributed by atoms with Crippen molar-refractivity contribution in [2.24, 2.45) is 0 Å². The minimum absolute atomic E-state index is 0. The van der Waals surface area contributed by atoms with E-state index in [1.807, 2.05) is 0 Å². The van der Waals surface area contributed by atoms with Gasteiger partial charge in [0.15, 0.2) is 0 Å². The maximum absolute atomic E-state index is 12.3. The van der Waals surface area contributed by atoms with E-state index in [-0.39, 0.29) is 53.9 Å². The number of β-lactam (4-membered cyclic amide) rings is 1. The molecule has 0 aromatic carbocycles. The number of fused-ring (bicyclic) bond motifs is 1. The van der Waals surface area contributed by atoms with E-state index in [2.05, 4.69) is 5.32 Å². The standard InChI is InChI=1S/C14H17N3O8S.Na/c1-3-8(17(23)24)11(19)15-9-12(20)16-10(14(21)22)7(4-25-6(2)18)5-26-13(9)16;/h8-9,13H,3-5H2,1-2H3,(H,15,19)(H,21,22);/q;+1/p-1/t8?,9?,13-;/m0./s1. The molecule has 0 bridgehead atoms. The molecule has 0 saturated carbocycles. The van der Waals surface area contributed by atoms with Gasteiger partial charge in [-0.05, 0) is 0 Å². The minimum atomic E-state index is -1.60. The zero-order valence-electron chi connectivity index (χ0n) is 14.9. The summed E-state index contributed by atoms with van der Waals surface area (Å²) >= 11 is 1.16. The van der Waals surface area contributed by atoms with Crippen molar-refractivity contribution in [1.29, 1.82) is 0 Å². The third kappa shape index (κ3) is 4.81. The molecule has 2 rings (SSSR count). The zero-order valence-corrected chi connectivity index (χ0v) is 17.7. The molecule has 13 heteroatoms. The van der Waals surface area contributed by atoms with Crippen molar-refractivity contribution in [3.8, 4) is 0 Å². The van der Waals surface area contributed by atoms with Crippen LogP contribution in [0.15, 0.2) is 11.3 Å². The van der Waals surface area contributed by atoms with Crippen LogP contribution in [0.2, 0.25) is 0 Å². The summed E-state index contributed by atoms with van der Waals surface area (Å²) in [4.78, 5) is 57.7. The molecule has 1 fully saturated rings. The van der Waals surface area contributed by atoms with Gasteiger partial charge in [-0.1, -0.05) is 6.92 Å². The Hall–Kier alpha value is -1.63. The van der Waals surface area contributed by atoms with Gasteiger partial charge in [-0.25, -0.2) is 0 Å². The van der Waals surface area contributed by atoms with E-state index >= 15 is 0 Å². The topological polar surface area (TPSA) is 159 Å². The van der Waals surface area contributed by atoms with Gasteiger partial charge in [-0.3, -0.25) is 29.4 Å². The summed E-state index contributed by atoms with van der Waals surface area (Å²) in [5.74, 6) is -3.68. The first kappa shape index (κ1) is 23.4. The molecule has 1 N–H and O–H groups in total. The van der Waals surface area contributed by atoms with E-state index in [1.54, 1.807) is 0 Å². The minimum Gasteiger partial charge on any atom is -0.543 e. The Morgan fingerprint density at radius 1 is 1.44 bits per heavy atom. The molecular weight excluding hydrogens is 393 g/mol. The van der Waals surface area contributed by atoms with Crippen molar-refractivity contribution in [1.82, 2.24) is 10.2 Å². The first-order valence-corrected chi connectivity index (χ1v) is 8.69. The summed E-state index contributed by atoms with van der Waals surface area (Å²) in [6.07, 6.45) is -0.0437. The Kier molecular flexibility index (Phi) is 8.26. The number of hydrogen-bond donors (Lipinski definition) is 1. The molecule has 1 saturated heterocycles. The summed E-state index contributed by atoms with van der Waals surface area (Å²) in [7, 11) is 0. The summed E-state index contributed by atoms with van der Waals surface area (Å²) in [5.41, 5.74) is -0.192. The van der Waals surface area contributed by atoms with Gasteiger partial charge in [0, 0.05) is 29.6 Å². The van der Waals surface area contributed by atoms with Crippen LogP contribution in [0.4, 0.5) is 0 Å². The molecule has 0 radical (unpaired) electrons. The average molecular weight is 409 g/mol. The van der Waals surface area contributed by atoms with Gasteiger partial charge in [0.1, 0.15) is 18.0 Å². The quantitative estimate of drug-likeness (QED) is 0.143. The summed E-state index contributed by atoms with van der Waals surface area (Å²) < 4.78 is 4.78. The third-order valence-corrected chi connectivity index (χ3v) is 5.27. The number of carboxylic acid groups (broad SMARTS) is 1. The Morgan fingerprint density at radius 3 is 2.56 bits per heavy atom. The van der Waals surface area contributed by atoms with Gasteiger partial charge in [0.2, 0.25) is 0 Å². The van der Waals surface area contributed by atoms with Crippen LogP contribution in [0.3, 0.4) is 0 Å². The number of ether oxygens (including phenoxy) is 1. The molecule has 0 aromatic rings. The second-order valence-electron chi connectivity index (χ2n) is 5.63. The second-order valence-corrected chi connectivity index (χ2v) is 6.73. The number of carbonyl (C=O) groups excluding carboxylic acids is 4. The van der Waals surface area contributed by atoms with E-state index < -0.39 is 51.8 Å². The van der Waals surface area contributed by atoms with Gasteiger partial charge in [-0.15, -0.1) is 11.8 Å². The van der Waals surface area contributed by atoms with Gasteiger partial charge < -0.3 is 20.0 Å². The van der Waals surface area contributed by atoms with E-state index in [4.69, 9.17) is 4.74 Å². The number of amides is 2. The number of nitrogens with one attached hydrogen (secondary N) is 1. The van der Waals surface area contributed by atoms with Crippen LogP contribution in [-0.2, 0) is 23.9 Å². The van der Waals surface area contributed by atoms with Crippen LogP contribution in [0.25, 0.3) is 0 Å². The Balaban J connectivity index is 0.00000364. The van der Waals surface area contributed by atoms with Crippen LogP contribution in [0.1, 0.15) is 20.3 Å². The summed E-state index contributed by atoms with van der Waals surface area (Å²) in [5, 5.41) is 23.9. The molecule has 2 amide bonds. The van der Waals surface area contributed by atoms with Gasteiger partial charge >= 0.3 is 35.5 Å². The molecule has 2 heterocycles. The first-order chi connectivity index (χ1) is 12.2. The Bertz CT molecular complexity index is 712. The van der Waals surface area contributed by atoms with Crippen molar-refractivity contribution >= 4 is 35.5 Å². The molecular formula is C14H16N3NaO8S. The number of nitro groups is 1. The van der Waals surface area contributed by atoms with E-state index in [0.717, 1.165) is 23.6 Å². The maximum atomic E-state index is 12.3. The number of aliphatic carboxylic acids is 1. The van der Waals surface area contributed by atoms with Crippen LogP contribution < -0.4 is 40.0 Å². The van der Waals surface area contributed by atoms with E-state index in [0.29, 0.717) is 0 Å². The summed E-state index contributed by atoms with van der Waals surface area (Å²) in [6.45, 7) is 2.34. The van der Waals surface area contributed by atoms with Crippen molar-refractivity contribution < 1.29 is 63.5 Å². The molecule has 0 aliphatic carbocycles. The molecule has 11 nitrogen and oxygen atoms in total. The number of thioether (sulfide) groups is 1. The third-order valence-electron chi connectivity index (χ3n) is 3.93. The molecule has 2 aliphatic heterocycles. The van der Waals surface area contributed by atoms with Crippen LogP contribution in [0, 0.1) is 10.1 Å². The fourth-order valence-corrected chi connectivity index (χ4v) is 3.98. The van der Waals surface area contributed by atoms with Crippen molar-refractivity contribution in [2.75, 3.05) is 12.4 Å². The molecule has 0 aromatic heterocycles. The maximum Gasteiger partial charge on any atom is 1.00 e. The van der Waals surface area contributed by atoms with Crippen molar-refractivity contribution in [3.05, 3.63) is 21.4 Å². The van der Waals surface area contributed by atoms with E-state index in [9.17, 15) is 34.4 Å². The van der Waals surface area contributed by atoms with Gasteiger partial charge in [-0.2, -0.15) is 0 Å². The smallest absolute Gasteiger partial charge is 0.543 e.